The molecule has 8 amide bonds. The summed E-state index contributed by atoms with van der Waals surface area (Å²) in [6, 6.07) is 17.3. The normalized spacial score (nSPS) is 17.2. The van der Waals surface area contributed by atoms with Crippen LogP contribution >= 0.6 is 15.9 Å². The van der Waals surface area contributed by atoms with Crippen molar-refractivity contribution in [3.63, 3.8) is 0 Å². The van der Waals surface area contributed by atoms with E-state index in [4.69, 9.17) is 39.6 Å². The molecule has 0 saturated carbocycles. The molecule has 0 aliphatic carbocycles. The Morgan fingerprint density at radius 1 is 0.873 bits per heavy atom. The minimum atomic E-state index is -1.29. The minimum Gasteiger partial charge on any atom is -0.492 e. The number of benzene rings is 3. The number of guanidine groups is 1. The maximum atomic E-state index is 14.2. The zero-order chi connectivity index (χ0) is 56.1. The van der Waals surface area contributed by atoms with Crippen LogP contribution < -0.4 is 32.1 Å². The molecular formula is C54H67BrN12O12. The highest BCUT2D eigenvalue weighted by molar-refractivity contribution is 9.09. The summed E-state index contributed by atoms with van der Waals surface area (Å²) >= 11 is 2.96. The van der Waals surface area contributed by atoms with Gasteiger partial charge in [-0.05, 0) is 92.4 Å². The molecule has 4 heterocycles. The minimum absolute atomic E-state index is 0.0757. The second-order valence-electron chi connectivity index (χ2n) is 18.9. The molecule has 25 heteroatoms. The number of nitrogens with two attached hydrogens (primary N) is 1. The van der Waals surface area contributed by atoms with Gasteiger partial charge in [0.15, 0.2) is 0 Å². The Morgan fingerprint density at radius 2 is 1.63 bits per heavy atom. The van der Waals surface area contributed by atoms with Crippen LogP contribution in [0.15, 0.2) is 101 Å². The quantitative estimate of drug-likeness (QED) is 0.0614. The molecule has 2 saturated heterocycles. The number of aliphatic imine (C=N–C) groups is 2. The lowest BCUT2D eigenvalue weighted by Crippen LogP contribution is -2.54. The number of primary amides is 1. The maximum Gasteiger partial charge on any atom is 0.409 e. The fraction of sp³-hybridized carbons (Fsp3) is 0.426. The van der Waals surface area contributed by atoms with E-state index in [1.165, 1.54) is 32.4 Å². The van der Waals surface area contributed by atoms with Crippen LogP contribution in [0.1, 0.15) is 54.4 Å². The first-order valence-electron chi connectivity index (χ1n) is 25.9. The molecule has 24 nitrogen and oxygen atoms in total. The number of nitrogens with one attached hydrogen (secondary N) is 4. The van der Waals surface area contributed by atoms with Gasteiger partial charge in [0, 0.05) is 63.3 Å². The molecule has 422 valence electrons. The van der Waals surface area contributed by atoms with E-state index in [1.807, 2.05) is 60.1 Å². The van der Waals surface area contributed by atoms with Gasteiger partial charge in [-0.25, -0.2) is 30.0 Å². The molecule has 0 radical (unpaired) electrons. The van der Waals surface area contributed by atoms with Gasteiger partial charge >= 0.3 is 12.1 Å². The van der Waals surface area contributed by atoms with Crippen molar-refractivity contribution in [3.8, 4) is 5.75 Å². The van der Waals surface area contributed by atoms with Crippen LogP contribution in [-0.2, 0) is 62.9 Å². The van der Waals surface area contributed by atoms with Crippen molar-refractivity contribution in [2.75, 3.05) is 90.4 Å². The number of nitrogens with zero attached hydrogens (tertiary/aromatic N) is 7. The van der Waals surface area contributed by atoms with Gasteiger partial charge in [0.1, 0.15) is 31.0 Å². The van der Waals surface area contributed by atoms with Gasteiger partial charge in [0.05, 0.1) is 56.1 Å². The van der Waals surface area contributed by atoms with Gasteiger partial charge in [-0.3, -0.25) is 28.9 Å². The van der Waals surface area contributed by atoms with E-state index >= 15 is 0 Å². The van der Waals surface area contributed by atoms with E-state index in [0.29, 0.717) is 67.7 Å². The number of ether oxygens (including phenoxy) is 4. The van der Waals surface area contributed by atoms with E-state index in [9.17, 15) is 33.6 Å². The van der Waals surface area contributed by atoms with Crippen LogP contribution in [-0.4, -0.2) is 175 Å². The highest BCUT2D eigenvalue weighted by Crippen LogP contribution is 2.28. The fourth-order valence-electron chi connectivity index (χ4n) is 8.70. The number of likely N-dealkylation sites (tertiary alicyclic amines) is 2. The Labute approximate surface area is 466 Å². The van der Waals surface area contributed by atoms with Crippen molar-refractivity contribution in [3.05, 3.63) is 113 Å². The number of halogens is 1. The summed E-state index contributed by atoms with van der Waals surface area (Å²) in [6.45, 7) is 4.91. The van der Waals surface area contributed by atoms with Gasteiger partial charge in [0.2, 0.25) is 29.6 Å². The highest BCUT2D eigenvalue weighted by atomic mass is 79.9. The number of allylic oxidation sites excluding steroid dienone is 1. The highest BCUT2D eigenvalue weighted by Gasteiger charge is 2.38. The zero-order valence-corrected chi connectivity index (χ0v) is 45.8. The zero-order valence-electron chi connectivity index (χ0n) is 44.2. The number of amides is 8. The van der Waals surface area contributed by atoms with E-state index in [-0.39, 0.29) is 44.1 Å². The number of fused-ring (bicyclic) bond motifs is 6. The maximum absolute atomic E-state index is 14.2. The standard InChI is InChI=1S/C54H67BrN12O12/c1-63(23-24-64(2)54(74)78-35-37-12-14-41(15-13-37)58-49(70)33-57-50(71)45-11-8-21-66(45)51(72)44(31-47(56)68)61-79-62-48(69)32-55)53(73)67-22-18-43-39-10-7-9-38(29-39)34-75-26-5-6-27-76-36-40-30-42(59-52(67)60-43)16-17-46(40)77-28-25-65-19-3-4-20-65/h5-7,9-10,12-18,22,29-30,44-45,61H,3-4,8,11,19-21,23-28,31-36H2,1-2H3,(H2,56,68)(H,57,71)(H,58,70)(H,62,69)/b6-5+,59-52?. The lowest BCUT2D eigenvalue weighted by molar-refractivity contribution is -0.153. The summed E-state index contributed by atoms with van der Waals surface area (Å²) in [7, 11) is 3.18. The molecule has 2 fully saturated rings. The third kappa shape index (κ3) is 18.0. The molecule has 0 aromatic heterocycles. The largest absolute Gasteiger partial charge is 0.492 e. The average molecular weight is 1160 g/mol. The molecule has 2 atom stereocenters. The van der Waals surface area contributed by atoms with Crippen LogP contribution in [0.2, 0.25) is 0 Å². The number of hydroxylamine groups is 2. The van der Waals surface area contributed by atoms with Gasteiger partial charge < -0.3 is 50.0 Å². The number of carbonyl (C=O) groups is 7. The van der Waals surface area contributed by atoms with Crippen LogP contribution in [0.4, 0.5) is 21.0 Å². The predicted octanol–water partition coefficient (Wildman–Crippen LogP) is 3.63. The Hall–Kier alpha value is -7.55. The molecule has 2 unspecified atom stereocenters. The summed E-state index contributed by atoms with van der Waals surface area (Å²) in [5, 5.41) is 5.17. The van der Waals surface area contributed by atoms with E-state index < -0.39 is 66.7 Å². The van der Waals surface area contributed by atoms with Crippen molar-refractivity contribution in [1.29, 1.82) is 0 Å². The van der Waals surface area contributed by atoms with Crippen LogP contribution in [0.25, 0.3) is 0 Å². The van der Waals surface area contributed by atoms with Gasteiger partial charge in [-0.2, -0.15) is 10.4 Å². The Morgan fingerprint density at radius 3 is 2.39 bits per heavy atom. The molecule has 6 bridgehead atoms. The first-order valence-corrected chi connectivity index (χ1v) is 27.0. The van der Waals surface area contributed by atoms with Crippen LogP contribution in [0, 0.1) is 0 Å². The van der Waals surface area contributed by atoms with Crippen molar-refractivity contribution in [2.24, 2.45) is 15.7 Å². The van der Waals surface area contributed by atoms with Crippen molar-refractivity contribution in [2.45, 2.75) is 64.0 Å². The van der Waals surface area contributed by atoms with E-state index in [0.717, 1.165) is 36.3 Å². The lowest BCUT2D eigenvalue weighted by Gasteiger charge is -2.28. The summed E-state index contributed by atoms with van der Waals surface area (Å²) in [6.07, 6.45) is 9.34. The summed E-state index contributed by atoms with van der Waals surface area (Å²) < 4.78 is 23.8. The van der Waals surface area contributed by atoms with Crippen LogP contribution in [0.5, 0.6) is 5.75 Å². The number of hydrogen-bond donors (Lipinski definition) is 5. The molecular weight excluding hydrogens is 1090 g/mol. The summed E-state index contributed by atoms with van der Waals surface area (Å²) in [5.74, 6) is -2.32. The first-order chi connectivity index (χ1) is 38.2. The Balaban J connectivity index is 0.904. The lowest BCUT2D eigenvalue weighted by atomic mass is 10.1. The predicted molar refractivity (Wildman–Crippen MR) is 295 cm³/mol. The van der Waals surface area contributed by atoms with Crippen molar-refractivity contribution in [1.82, 2.24) is 40.8 Å². The average Bonchev–Trinajstić information content (AvgIpc) is 4.18. The van der Waals surface area contributed by atoms with Gasteiger partial charge in [-0.1, -0.05) is 58.4 Å². The fourth-order valence-corrected chi connectivity index (χ4v) is 8.82. The van der Waals surface area contributed by atoms with E-state index in [1.54, 1.807) is 50.6 Å². The molecule has 79 heavy (non-hydrogen) atoms. The number of hydrogen-bond acceptors (Lipinski definition) is 16. The molecule has 0 spiro atoms. The van der Waals surface area contributed by atoms with Crippen LogP contribution in [0.3, 0.4) is 0 Å². The Kier molecular flexibility index (Phi) is 22.4. The smallest absolute Gasteiger partial charge is 0.409 e. The molecule has 4 aliphatic rings. The van der Waals surface area contributed by atoms with E-state index in [2.05, 4.69) is 36.9 Å². The number of alkyl halides is 1. The molecule has 7 rings (SSSR count). The SMILES string of the molecule is CN(CCN(C)C(=O)N1C=CC2=NC1=Nc1ccc(OCCN3CCCC3)c(c1)COC/C=C/COCc1cccc2c1)C(=O)OCc1ccc(NC(=O)CNC(=O)C2CCCN2C(=O)C(CC(N)=O)NONC(=O)CBr)cc1. The number of anilines is 1. The first kappa shape index (κ1) is 59.1. The number of rotatable bonds is 20. The van der Waals surface area contributed by atoms with Crippen molar-refractivity contribution < 1.29 is 57.4 Å². The van der Waals surface area contributed by atoms with Crippen molar-refractivity contribution >= 4 is 80.6 Å². The summed E-state index contributed by atoms with van der Waals surface area (Å²) in [5.41, 5.74) is 14.4. The Bertz CT molecular complexity index is 2770. The number of urea groups is 1. The molecule has 6 N–H and O–H groups in total. The third-order valence-electron chi connectivity index (χ3n) is 13.0. The molecule has 3 aromatic rings. The second-order valence-corrected chi connectivity index (χ2v) is 19.5. The topological polar surface area (TPSA) is 281 Å². The van der Waals surface area contributed by atoms with Gasteiger partial charge in [0.25, 0.3) is 5.91 Å². The van der Waals surface area contributed by atoms with Gasteiger partial charge in [-0.15, -0.1) is 0 Å². The second kappa shape index (κ2) is 30.0. The molecule has 4 aliphatic heterocycles. The monoisotopic (exact) mass is 1150 g/mol. The number of likely N-dealkylation sites (N-methyl/N-ethyl adjacent to an activating group) is 2. The number of carbonyl (C=O) groups excluding carboxylic acids is 7. The molecule has 3 aromatic carbocycles. The summed E-state index contributed by atoms with van der Waals surface area (Å²) in [4.78, 5) is 112. The third-order valence-corrected chi connectivity index (χ3v) is 13.5.